The Morgan fingerprint density at radius 1 is 0.893 bits per heavy atom. The van der Waals surface area contributed by atoms with Gasteiger partial charge < -0.3 is 15.1 Å². The molecule has 1 atom stereocenters. The maximum absolute atomic E-state index is 13.5. The Labute approximate surface area is 168 Å². The second-order valence-corrected chi connectivity index (χ2v) is 10.3. The molecule has 6 rings (SSSR count). The van der Waals surface area contributed by atoms with Crippen LogP contribution in [0.25, 0.3) is 0 Å². The fraction of sp³-hybridized carbons (Fsp3) is 0.826. The number of carbonyl (C=O) groups is 2. The van der Waals surface area contributed by atoms with Crippen LogP contribution in [0, 0.1) is 29.1 Å². The molecule has 5 fully saturated rings. The maximum Gasteiger partial charge on any atom is 0.317 e. The molecule has 1 heterocycles. The molecule has 28 heavy (non-hydrogen) atoms. The Hall–Kier alpha value is -1.52. The van der Waals surface area contributed by atoms with E-state index in [1.54, 1.807) is 0 Å². The number of hydrogen-bond donors (Lipinski definition) is 1. The highest BCUT2D eigenvalue weighted by Crippen LogP contribution is 2.60. The molecule has 0 aromatic rings. The Morgan fingerprint density at radius 2 is 1.50 bits per heavy atom. The van der Waals surface area contributed by atoms with Crippen molar-refractivity contribution in [2.24, 2.45) is 29.1 Å². The van der Waals surface area contributed by atoms with E-state index < -0.39 is 0 Å². The minimum Gasteiger partial charge on any atom is -0.339 e. The molecule has 4 saturated carbocycles. The van der Waals surface area contributed by atoms with Crippen molar-refractivity contribution < 1.29 is 9.59 Å². The second kappa shape index (κ2) is 7.38. The largest absolute Gasteiger partial charge is 0.339 e. The van der Waals surface area contributed by atoms with Crippen molar-refractivity contribution in [2.75, 3.05) is 32.7 Å². The zero-order chi connectivity index (χ0) is 19.1. The first kappa shape index (κ1) is 18.5. The summed E-state index contributed by atoms with van der Waals surface area (Å²) in [7, 11) is 0. The van der Waals surface area contributed by atoms with Crippen LogP contribution in [0.1, 0.15) is 57.8 Å². The summed E-state index contributed by atoms with van der Waals surface area (Å²) in [6.45, 7) is 3.54. The average Bonchev–Trinajstić information content (AvgIpc) is 2.71. The summed E-state index contributed by atoms with van der Waals surface area (Å²) >= 11 is 0. The summed E-state index contributed by atoms with van der Waals surface area (Å²) in [5.74, 6) is 3.40. The smallest absolute Gasteiger partial charge is 0.317 e. The molecule has 0 aromatic heterocycles. The number of urea groups is 1. The molecule has 0 radical (unpaired) electrons. The van der Waals surface area contributed by atoms with Crippen molar-refractivity contribution >= 4 is 11.9 Å². The van der Waals surface area contributed by atoms with E-state index >= 15 is 0 Å². The van der Waals surface area contributed by atoms with E-state index in [4.69, 9.17) is 0 Å². The number of amides is 3. The van der Waals surface area contributed by atoms with E-state index in [1.807, 2.05) is 4.90 Å². The van der Waals surface area contributed by atoms with E-state index in [2.05, 4.69) is 22.4 Å². The van der Waals surface area contributed by atoms with Gasteiger partial charge >= 0.3 is 6.03 Å². The summed E-state index contributed by atoms with van der Waals surface area (Å²) in [5, 5.41) is 3.12. The summed E-state index contributed by atoms with van der Waals surface area (Å²) in [5.41, 5.74) is -0.0479. The molecule has 6 aliphatic rings. The predicted molar refractivity (Wildman–Crippen MR) is 109 cm³/mol. The third-order valence-corrected chi connectivity index (χ3v) is 8.27. The lowest BCUT2D eigenvalue weighted by Crippen LogP contribution is -2.59. The number of nitrogens with zero attached hydrogens (tertiary/aromatic N) is 2. The zero-order valence-corrected chi connectivity index (χ0v) is 17.1. The molecule has 5 nitrogen and oxygen atoms in total. The molecular formula is C23H35N3O2. The molecule has 1 N–H and O–H groups in total. The van der Waals surface area contributed by atoms with Crippen LogP contribution in [-0.2, 0) is 4.79 Å². The lowest BCUT2D eigenvalue weighted by atomic mass is 9.49. The van der Waals surface area contributed by atoms with Crippen LogP contribution in [0.3, 0.4) is 0 Å². The molecule has 4 bridgehead atoms. The van der Waals surface area contributed by atoms with E-state index in [9.17, 15) is 9.59 Å². The van der Waals surface area contributed by atoms with Gasteiger partial charge in [0.05, 0.1) is 5.41 Å². The highest BCUT2D eigenvalue weighted by atomic mass is 16.2. The van der Waals surface area contributed by atoms with Crippen LogP contribution in [0.2, 0.25) is 0 Å². The number of rotatable bonds is 3. The summed E-state index contributed by atoms with van der Waals surface area (Å²) in [6, 6.07) is 0.0523. The van der Waals surface area contributed by atoms with E-state index in [1.165, 1.54) is 25.7 Å². The Morgan fingerprint density at radius 3 is 2.07 bits per heavy atom. The molecule has 1 saturated heterocycles. The summed E-state index contributed by atoms with van der Waals surface area (Å²) < 4.78 is 0. The van der Waals surface area contributed by atoms with Gasteiger partial charge in [0.2, 0.25) is 5.91 Å². The van der Waals surface area contributed by atoms with Crippen LogP contribution < -0.4 is 5.32 Å². The van der Waals surface area contributed by atoms with Crippen molar-refractivity contribution in [3.63, 3.8) is 0 Å². The first-order valence-corrected chi connectivity index (χ1v) is 11.6. The predicted octanol–water partition coefficient (Wildman–Crippen LogP) is 3.41. The number of hydrogen-bond acceptors (Lipinski definition) is 2. The fourth-order valence-corrected chi connectivity index (χ4v) is 7.21. The third-order valence-electron chi connectivity index (χ3n) is 8.27. The van der Waals surface area contributed by atoms with Crippen LogP contribution in [0.4, 0.5) is 4.79 Å². The van der Waals surface area contributed by atoms with Gasteiger partial charge in [-0.15, -0.1) is 0 Å². The Balaban J connectivity index is 1.12. The van der Waals surface area contributed by atoms with Crippen molar-refractivity contribution in [3.8, 4) is 0 Å². The van der Waals surface area contributed by atoms with Crippen LogP contribution in [0.15, 0.2) is 12.2 Å². The van der Waals surface area contributed by atoms with Crippen LogP contribution in [0.5, 0.6) is 0 Å². The summed E-state index contributed by atoms with van der Waals surface area (Å²) in [6.07, 6.45) is 15.4. The molecular weight excluding hydrogens is 350 g/mol. The second-order valence-electron chi connectivity index (χ2n) is 10.3. The first-order chi connectivity index (χ1) is 13.6. The molecule has 5 aliphatic carbocycles. The Kier molecular flexibility index (Phi) is 4.88. The van der Waals surface area contributed by atoms with E-state index in [0.717, 1.165) is 56.4 Å². The topological polar surface area (TPSA) is 52.7 Å². The molecule has 1 unspecified atom stereocenters. The number of carbonyl (C=O) groups excluding carboxylic acids is 2. The Bertz CT molecular complexity index is 615. The van der Waals surface area contributed by atoms with Crippen LogP contribution in [-0.4, -0.2) is 54.5 Å². The normalized spacial score (nSPS) is 39.3. The molecule has 1 aliphatic heterocycles. The van der Waals surface area contributed by atoms with Gasteiger partial charge in [-0.25, -0.2) is 4.79 Å². The highest BCUT2D eigenvalue weighted by Gasteiger charge is 2.55. The van der Waals surface area contributed by atoms with Gasteiger partial charge in [0, 0.05) is 32.7 Å². The number of allylic oxidation sites excluding steroid dienone is 2. The minimum absolute atomic E-state index is 0.0479. The van der Waals surface area contributed by atoms with Crippen molar-refractivity contribution in [1.82, 2.24) is 15.1 Å². The lowest BCUT2D eigenvalue weighted by molar-refractivity contribution is -0.159. The van der Waals surface area contributed by atoms with Crippen LogP contribution >= 0.6 is 0 Å². The average molecular weight is 386 g/mol. The molecule has 5 heteroatoms. The van der Waals surface area contributed by atoms with E-state index in [0.29, 0.717) is 38.0 Å². The van der Waals surface area contributed by atoms with Crippen molar-refractivity contribution in [1.29, 1.82) is 0 Å². The highest BCUT2D eigenvalue weighted by molar-refractivity contribution is 5.84. The quantitative estimate of drug-likeness (QED) is 0.757. The van der Waals surface area contributed by atoms with Gasteiger partial charge in [-0.2, -0.15) is 0 Å². The van der Waals surface area contributed by atoms with Crippen molar-refractivity contribution in [3.05, 3.63) is 12.2 Å². The van der Waals surface area contributed by atoms with Gasteiger partial charge in [0.1, 0.15) is 0 Å². The zero-order valence-electron chi connectivity index (χ0n) is 17.1. The van der Waals surface area contributed by atoms with E-state index in [-0.39, 0.29) is 11.4 Å². The number of piperazine rings is 1. The van der Waals surface area contributed by atoms with Gasteiger partial charge in [-0.3, -0.25) is 4.79 Å². The molecule has 0 spiro atoms. The molecule has 0 aromatic carbocycles. The van der Waals surface area contributed by atoms with Crippen molar-refractivity contribution in [2.45, 2.75) is 57.8 Å². The lowest BCUT2D eigenvalue weighted by Gasteiger charge is -2.57. The molecule has 154 valence electrons. The minimum atomic E-state index is -0.0479. The maximum atomic E-state index is 13.5. The van der Waals surface area contributed by atoms with Gasteiger partial charge in [-0.1, -0.05) is 12.2 Å². The first-order valence-electron chi connectivity index (χ1n) is 11.6. The van der Waals surface area contributed by atoms with Gasteiger partial charge in [-0.05, 0) is 81.5 Å². The number of nitrogens with one attached hydrogen (secondary N) is 1. The SMILES string of the molecule is O=C(NCC1CC=CCC1)N1CCN(C(=O)C23CC4CC(CC(C4)C2)C3)CC1. The third kappa shape index (κ3) is 3.46. The monoisotopic (exact) mass is 385 g/mol. The summed E-state index contributed by atoms with van der Waals surface area (Å²) in [4.78, 5) is 30.0. The van der Waals surface area contributed by atoms with Gasteiger partial charge in [0.25, 0.3) is 0 Å². The fourth-order valence-electron chi connectivity index (χ4n) is 7.21. The van der Waals surface area contributed by atoms with Gasteiger partial charge in [0.15, 0.2) is 0 Å². The molecule has 3 amide bonds. The standard InChI is InChI=1S/C23H35N3O2/c27-21(23-13-18-10-19(14-23)12-20(11-18)15-23)25-6-8-26(9-7-25)22(28)24-16-17-4-2-1-3-5-17/h1-2,17-20H,3-16H2,(H,24,28).